The number of aryl methyl sites for hydroxylation is 1. The summed E-state index contributed by atoms with van der Waals surface area (Å²) in [6, 6.07) is 9.29. The fourth-order valence-electron chi connectivity index (χ4n) is 3.24. The number of carbonyl (C=O) groups excluding carboxylic acids is 1. The summed E-state index contributed by atoms with van der Waals surface area (Å²) in [6.07, 6.45) is 0.565. The van der Waals surface area contributed by atoms with Gasteiger partial charge in [0, 0.05) is 17.7 Å². The third-order valence-electron chi connectivity index (χ3n) is 4.25. The van der Waals surface area contributed by atoms with Crippen LogP contribution in [0.3, 0.4) is 0 Å². The highest BCUT2D eigenvalue weighted by Gasteiger charge is 2.58. The van der Waals surface area contributed by atoms with Gasteiger partial charge in [-0.25, -0.2) is 4.98 Å². The Labute approximate surface area is 131 Å². The molecule has 1 amide bonds. The number of nitrogens with zero attached hydrogens (tertiary/aromatic N) is 2. The van der Waals surface area contributed by atoms with Crippen molar-refractivity contribution in [2.24, 2.45) is 5.73 Å². The molecule has 4 rings (SSSR count). The minimum atomic E-state index is -1.37. The van der Waals surface area contributed by atoms with Crippen LogP contribution < -0.4 is 16.4 Å². The number of hydrogen-bond donors (Lipinski definition) is 3. The lowest BCUT2D eigenvalue weighted by Gasteiger charge is -2.30. The first-order valence-electron chi connectivity index (χ1n) is 7.21. The third kappa shape index (κ3) is 1.47. The van der Waals surface area contributed by atoms with Gasteiger partial charge in [-0.15, -0.1) is 0 Å². The molecule has 2 aliphatic rings. The number of nitrogens with two attached hydrogens (primary N) is 1. The summed E-state index contributed by atoms with van der Waals surface area (Å²) in [4.78, 5) is 17.4. The van der Waals surface area contributed by atoms with E-state index in [9.17, 15) is 10.1 Å². The van der Waals surface area contributed by atoms with Crippen LogP contribution in [0.1, 0.15) is 24.1 Å². The van der Waals surface area contributed by atoms with E-state index in [0.717, 1.165) is 0 Å². The average Bonchev–Trinajstić information content (AvgIpc) is 3.08. The Bertz CT molecular complexity index is 921. The van der Waals surface area contributed by atoms with Crippen LogP contribution in [0.5, 0.6) is 0 Å². The van der Waals surface area contributed by atoms with E-state index >= 15 is 0 Å². The largest absolute Gasteiger partial charge is 0.425 e. The molecule has 0 aliphatic carbocycles. The monoisotopic (exact) mass is 307 g/mol. The van der Waals surface area contributed by atoms with Crippen LogP contribution in [0.2, 0.25) is 0 Å². The lowest BCUT2D eigenvalue weighted by atomic mass is 9.71. The first kappa shape index (κ1) is 13.4. The number of para-hydroxylation sites is 1. The summed E-state index contributed by atoms with van der Waals surface area (Å²) in [5.41, 5.74) is 6.45. The molecule has 0 saturated heterocycles. The highest BCUT2D eigenvalue weighted by atomic mass is 16.4. The number of oxazole rings is 1. The molecule has 2 aliphatic heterocycles. The van der Waals surface area contributed by atoms with Gasteiger partial charge < -0.3 is 20.8 Å². The van der Waals surface area contributed by atoms with Crippen LogP contribution >= 0.6 is 0 Å². The molecule has 0 bridgehead atoms. The van der Waals surface area contributed by atoms with Gasteiger partial charge in [-0.1, -0.05) is 25.1 Å². The van der Waals surface area contributed by atoms with Crippen molar-refractivity contribution in [3.05, 3.63) is 52.8 Å². The lowest BCUT2D eigenvalue weighted by Crippen LogP contribution is -2.43. The van der Waals surface area contributed by atoms with Crippen LogP contribution in [-0.4, -0.2) is 10.9 Å². The third-order valence-corrected chi connectivity index (χ3v) is 4.25. The Hall–Kier alpha value is -3.27. The molecule has 114 valence electrons. The second kappa shape index (κ2) is 4.36. The van der Waals surface area contributed by atoms with Gasteiger partial charge in [0.1, 0.15) is 17.6 Å². The van der Waals surface area contributed by atoms with E-state index in [-0.39, 0.29) is 17.3 Å². The molecule has 1 aromatic carbocycles. The fourth-order valence-corrected chi connectivity index (χ4v) is 3.24. The summed E-state index contributed by atoms with van der Waals surface area (Å²) in [7, 11) is 0. The molecule has 4 N–H and O–H groups in total. The van der Waals surface area contributed by atoms with Gasteiger partial charge in [0.25, 0.3) is 0 Å². The molecule has 1 atom stereocenters. The van der Waals surface area contributed by atoms with E-state index in [1.54, 1.807) is 12.1 Å². The van der Waals surface area contributed by atoms with Crippen LogP contribution in [-0.2, 0) is 16.6 Å². The van der Waals surface area contributed by atoms with Gasteiger partial charge in [-0.05, 0) is 6.07 Å². The van der Waals surface area contributed by atoms with Crippen LogP contribution in [0.15, 0.2) is 40.1 Å². The standard InChI is InChI=1S/C16H13N5O2/c1-2-11-20-12-14(23-11)21-13(18)9(7-17)16(12)8-5-3-4-6-10(8)19-15(16)22/h3-6,21H,2,18H2,1H3,(H,19,22). The molecular weight excluding hydrogens is 294 g/mol. The van der Waals surface area contributed by atoms with Crippen LogP contribution in [0, 0.1) is 11.3 Å². The molecule has 1 spiro atoms. The zero-order valence-corrected chi connectivity index (χ0v) is 12.3. The number of amides is 1. The highest BCUT2D eigenvalue weighted by molar-refractivity contribution is 6.12. The number of fused-ring (bicyclic) bond motifs is 4. The first-order chi connectivity index (χ1) is 11.1. The van der Waals surface area contributed by atoms with E-state index in [4.69, 9.17) is 10.2 Å². The molecule has 23 heavy (non-hydrogen) atoms. The number of benzene rings is 1. The lowest BCUT2D eigenvalue weighted by molar-refractivity contribution is -0.118. The first-order valence-corrected chi connectivity index (χ1v) is 7.21. The van der Waals surface area contributed by atoms with Gasteiger partial charge in [0.05, 0.1) is 5.57 Å². The van der Waals surface area contributed by atoms with Crippen molar-refractivity contribution in [3.63, 3.8) is 0 Å². The van der Waals surface area contributed by atoms with Gasteiger partial charge in [-0.2, -0.15) is 5.26 Å². The SMILES string of the molecule is CCc1nc2c(o1)NC(N)=C(C#N)C21C(=O)Nc2ccccc21. The van der Waals surface area contributed by atoms with E-state index in [0.29, 0.717) is 35.1 Å². The van der Waals surface area contributed by atoms with E-state index < -0.39 is 5.41 Å². The molecule has 0 radical (unpaired) electrons. The van der Waals surface area contributed by atoms with Crippen molar-refractivity contribution in [2.45, 2.75) is 18.8 Å². The van der Waals surface area contributed by atoms with E-state index in [1.807, 2.05) is 19.1 Å². The number of nitrogens with one attached hydrogen (secondary N) is 2. The fraction of sp³-hybridized carbons (Fsp3) is 0.188. The summed E-state index contributed by atoms with van der Waals surface area (Å²) >= 11 is 0. The van der Waals surface area contributed by atoms with Crippen molar-refractivity contribution in [1.29, 1.82) is 5.26 Å². The predicted octanol–water partition coefficient (Wildman–Crippen LogP) is 1.59. The Morgan fingerprint density at radius 2 is 2.17 bits per heavy atom. The molecule has 1 aromatic heterocycles. The molecule has 2 aromatic rings. The predicted molar refractivity (Wildman–Crippen MR) is 82.2 cm³/mol. The number of carbonyl (C=O) groups is 1. The average molecular weight is 307 g/mol. The zero-order chi connectivity index (χ0) is 16.2. The summed E-state index contributed by atoms with van der Waals surface area (Å²) in [5, 5.41) is 15.3. The second-order valence-electron chi connectivity index (χ2n) is 5.41. The quantitative estimate of drug-likeness (QED) is 0.736. The topological polar surface area (TPSA) is 117 Å². The maximum atomic E-state index is 12.9. The van der Waals surface area contributed by atoms with E-state index in [2.05, 4.69) is 21.7 Å². The second-order valence-corrected chi connectivity index (χ2v) is 5.41. The number of anilines is 2. The smallest absolute Gasteiger partial charge is 0.246 e. The van der Waals surface area contributed by atoms with Crippen molar-refractivity contribution >= 4 is 17.5 Å². The zero-order valence-electron chi connectivity index (χ0n) is 12.3. The van der Waals surface area contributed by atoms with Gasteiger partial charge in [0.2, 0.25) is 11.8 Å². The maximum Gasteiger partial charge on any atom is 0.246 e. The summed E-state index contributed by atoms with van der Waals surface area (Å²) in [5.74, 6) is 0.541. The summed E-state index contributed by atoms with van der Waals surface area (Å²) in [6.45, 7) is 1.90. The maximum absolute atomic E-state index is 12.9. The number of aromatic nitrogens is 1. The van der Waals surface area contributed by atoms with Crippen LogP contribution in [0.25, 0.3) is 0 Å². The molecule has 7 heteroatoms. The number of nitriles is 1. The molecule has 0 fully saturated rings. The normalized spacial score (nSPS) is 21.5. The molecule has 1 unspecified atom stereocenters. The highest BCUT2D eigenvalue weighted by Crippen LogP contribution is 2.51. The molecule has 7 nitrogen and oxygen atoms in total. The van der Waals surface area contributed by atoms with Gasteiger partial charge in [0.15, 0.2) is 11.3 Å². The van der Waals surface area contributed by atoms with Crippen molar-refractivity contribution in [2.75, 3.05) is 10.6 Å². The van der Waals surface area contributed by atoms with Crippen LogP contribution in [0.4, 0.5) is 11.6 Å². The minimum absolute atomic E-state index is 0.102. The number of rotatable bonds is 1. The summed E-state index contributed by atoms with van der Waals surface area (Å²) < 4.78 is 5.64. The van der Waals surface area contributed by atoms with E-state index in [1.165, 1.54) is 0 Å². The van der Waals surface area contributed by atoms with Gasteiger partial charge in [-0.3, -0.25) is 4.79 Å². The Kier molecular flexibility index (Phi) is 2.54. The van der Waals surface area contributed by atoms with Crippen molar-refractivity contribution < 1.29 is 9.21 Å². The molecule has 0 saturated carbocycles. The van der Waals surface area contributed by atoms with Crippen molar-refractivity contribution in [3.8, 4) is 6.07 Å². The number of hydrogen-bond acceptors (Lipinski definition) is 6. The van der Waals surface area contributed by atoms with Gasteiger partial charge >= 0.3 is 0 Å². The molecular formula is C16H13N5O2. The molecule has 3 heterocycles. The Morgan fingerprint density at radius 1 is 1.39 bits per heavy atom. The minimum Gasteiger partial charge on any atom is -0.425 e. The Morgan fingerprint density at radius 3 is 2.91 bits per heavy atom. The van der Waals surface area contributed by atoms with Crippen molar-refractivity contribution in [1.82, 2.24) is 4.98 Å². The Balaban J connectivity index is 2.12.